The summed E-state index contributed by atoms with van der Waals surface area (Å²) >= 11 is 0. The van der Waals surface area contributed by atoms with E-state index in [1.165, 1.54) is 0 Å². The molecule has 2 aliphatic rings. The van der Waals surface area contributed by atoms with Gasteiger partial charge >= 0.3 is 0 Å². The van der Waals surface area contributed by atoms with Gasteiger partial charge in [0.25, 0.3) is 5.91 Å². The summed E-state index contributed by atoms with van der Waals surface area (Å²) in [4.78, 5) is 18.1. The second kappa shape index (κ2) is 6.59. The highest BCUT2D eigenvalue weighted by Gasteiger charge is 2.31. The molecule has 4 rings (SSSR count). The number of hydrogen-bond donors (Lipinski definition) is 2. The second-order valence-electron chi connectivity index (χ2n) is 9.32. The summed E-state index contributed by atoms with van der Waals surface area (Å²) in [7, 11) is 0. The first kappa shape index (κ1) is 18.4. The maximum Gasteiger partial charge on any atom is 0.252 e. The highest BCUT2D eigenvalue weighted by Crippen LogP contribution is 2.41. The molecule has 0 spiro atoms. The van der Waals surface area contributed by atoms with Crippen LogP contribution in [0.25, 0.3) is 11.0 Å². The summed E-state index contributed by atoms with van der Waals surface area (Å²) in [5.74, 6) is 0.485. The van der Waals surface area contributed by atoms with Gasteiger partial charge in [0.15, 0.2) is 5.65 Å². The number of aryl methyl sites for hydroxylation is 1. The van der Waals surface area contributed by atoms with Gasteiger partial charge in [-0.3, -0.25) is 4.79 Å². The molecule has 2 saturated carbocycles. The van der Waals surface area contributed by atoms with E-state index in [-0.39, 0.29) is 23.5 Å². The highest BCUT2D eigenvalue weighted by molar-refractivity contribution is 6.06. The average molecular weight is 370 g/mol. The third-order valence-electron chi connectivity index (χ3n) is 5.82. The molecule has 6 heteroatoms. The molecule has 6 nitrogen and oxygen atoms in total. The zero-order valence-corrected chi connectivity index (χ0v) is 16.9. The van der Waals surface area contributed by atoms with Crippen LogP contribution < -0.4 is 11.1 Å². The van der Waals surface area contributed by atoms with E-state index in [9.17, 15) is 4.79 Å². The molecule has 0 radical (unpaired) electrons. The van der Waals surface area contributed by atoms with Crippen molar-refractivity contribution in [1.82, 2.24) is 20.1 Å². The molecular weight excluding hydrogens is 338 g/mol. The Balaban J connectivity index is 1.74. The van der Waals surface area contributed by atoms with Crippen LogP contribution in [0.15, 0.2) is 6.07 Å². The first-order chi connectivity index (χ1) is 12.7. The Bertz CT molecular complexity index is 867. The highest BCUT2D eigenvalue weighted by atomic mass is 16.1. The van der Waals surface area contributed by atoms with Crippen molar-refractivity contribution >= 4 is 16.9 Å². The number of aromatic nitrogens is 3. The lowest BCUT2D eigenvalue weighted by Crippen LogP contribution is -2.40. The van der Waals surface area contributed by atoms with E-state index in [1.807, 2.05) is 17.7 Å². The number of pyridine rings is 1. The van der Waals surface area contributed by atoms with Gasteiger partial charge in [-0.1, -0.05) is 0 Å². The number of hydrogen-bond acceptors (Lipinski definition) is 4. The number of nitrogens with two attached hydrogens (primary N) is 1. The summed E-state index contributed by atoms with van der Waals surface area (Å²) in [5.41, 5.74) is 9.28. The van der Waals surface area contributed by atoms with Gasteiger partial charge in [0.2, 0.25) is 0 Å². The molecule has 0 unspecified atom stereocenters. The smallest absolute Gasteiger partial charge is 0.252 e. The summed E-state index contributed by atoms with van der Waals surface area (Å²) in [6, 6.07) is 2.49. The van der Waals surface area contributed by atoms with Crippen molar-refractivity contribution < 1.29 is 4.79 Å². The number of nitrogens with zero attached hydrogens (tertiary/aromatic N) is 3. The van der Waals surface area contributed by atoms with Gasteiger partial charge in [-0.2, -0.15) is 5.10 Å². The number of carbonyl (C=O) groups excluding carboxylic acids is 1. The summed E-state index contributed by atoms with van der Waals surface area (Å²) < 4.78 is 1.97. The van der Waals surface area contributed by atoms with E-state index < -0.39 is 0 Å². The molecule has 0 aliphatic heterocycles. The number of amides is 1. The predicted molar refractivity (Wildman–Crippen MR) is 107 cm³/mol. The fourth-order valence-corrected chi connectivity index (χ4v) is 4.07. The Labute approximate surface area is 160 Å². The predicted octanol–water partition coefficient (Wildman–Crippen LogP) is 3.37. The Morgan fingerprint density at radius 2 is 1.85 bits per heavy atom. The van der Waals surface area contributed by atoms with Crippen molar-refractivity contribution in [2.75, 3.05) is 0 Å². The largest absolute Gasteiger partial charge is 0.349 e. The van der Waals surface area contributed by atoms with E-state index in [4.69, 9.17) is 15.8 Å². The molecular formula is C21H31N5O. The van der Waals surface area contributed by atoms with Crippen LogP contribution in [0.2, 0.25) is 0 Å². The van der Waals surface area contributed by atoms with Crippen LogP contribution in [0.5, 0.6) is 0 Å². The fraction of sp³-hybridized carbons (Fsp3) is 0.667. The molecule has 27 heavy (non-hydrogen) atoms. The lowest BCUT2D eigenvalue weighted by molar-refractivity contribution is 0.0927. The van der Waals surface area contributed by atoms with Crippen LogP contribution >= 0.6 is 0 Å². The monoisotopic (exact) mass is 369 g/mol. The molecule has 2 aliphatic carbocycles. The Morgan fingerprint density at radius 1 is 1.19 bits per heavy atom. The lowest BCUT2D eigenvalue weighted by Gasteiger charge is -2.27. The van der Waals surface area contributed by atoms with Gasteiger partial charge in [0.05, 0.1) is 22.2 Å². The molecule has 3 N–H and O–H groups in total. The van der Waals surface area contributed by atoms with E-state index in [2.05, 4.69) is 26.1 Å². The third-order valence-corrected chi connectivity index (χ3v) is 5.82. The van der Waals surface area contributed by atoms with Crippen LogP contribution in [-0.2, 0) is 5.54 Å². The Hall–Kier alpha value is -1.95. The molecule has 2 aromatic heterocycles. The van der Waals surface area contributed by atoms with Crippen LogP contribution in [0.1, 0.15) is 87.0 Å². The minimum Gasteiger partial charge on any atom is -0.349 e. The number of nitrogens with one attached hydrogen (secondary N) is 1. The minimum absolute atomic E-state index is 0.00123. The van der Waals surface area contributed by atoms with Crippen LogP contribution in [0, 0.1) is 6.92 Å². The first-order valence-corrected chi connectivity index (χ1v) is 10.2. The SMILES string of the molecule is Cc1nn(C(C)(C)C)c2nc(C3CC3)cc(C(=O)NC3CCC(N)CC3)c12. The van der Waals surface area contributed by atoms with Gasteiger partial charge < -0.3 is 11.1 Å². The standard InChI is InChI=1S/C21H31N5O/c1-12-18-16(20(27)23-15-9-7-14(22)8-10-15)11-17(13-5-6-13)24-19(18)26(25-12)21(2,3)4/h11,13-15H,5-10,22H2,1-4H3,(H,23,27). The van der Waals surface area contributed by atoms with Crippen LogP contribution in [0.4, 0.5) is 0 Å². The zero-order chi connectivity index (χ0) is 19.3. The molecule has 2 heterocycles. The van der Waals surface area contributed by atoms with Gasteiger partial charge in [0.1, 0.15) is 0 Å². The minimum atomic E-state index is -0.186. The van der Waals surface area contributed by atoms with Gasteiger partial charge in [-0.25, -0.2) is 9.67 Å². The number of carbonyl (C=O) groups is 1. The van der Waals surface area contributed by atoms with Gasteiger partial charge in [-0.05, 0) is 72.3 Å². The molecule has 0 saturated heterocycles. The molecule has 146 valence electrons. The van der Waals surface area contributed by atoms with E-state index in [1.54, 1.807) is 0 Å². The topological polar surface area (TPSA) is 85.8 Å². The van der Waals surface area contributed by atoms with Crippen molar-refractivity contribution in [1.29, 1.82) is 0 Å². The number of fused-ring (bicyclic) bond motifs is 1. The van der Waals surface area contributed by atoms with Crippen molar-refractivity contribution in [3.05, 3.63) is 23.0 Å². The first-order valence-electron chi connectivity index (χ1n) is 10.2. The van der Waals surface area contributed by atoms with Gasteiger partial charge in [-0.15, -0.1) is 0 Å². The van der Waals surface area contributed by atoms with Crippen molar-refractivity contribution in [2.24, 2.45) is 5.73 Å². The molecule has 0 atom stereocenters. The van der Waals surface area contributed by atoms with E-state index in [0.717, 1.165) is 66.5 Å². The molecule has 0 aromatic carbocycles. The molecule has 2 aromatic rings. The summed E-state index contributed by atoms with van der Waals surface area (Å²) in [6.45, 7) is 8.33. The van der Waals surface area contributed by atoms with Crippen LogP contribution in [0.3, 0.4) is 0 Å². The van der Waals surface area contributed by atoms with E-state index in [0.29, 0.717) is 5.92 Å². The molecule has 2 fully saturated rings. The van der Waals surface area contributed by atoms with Crippen LogP contribution in [-0.4, -0.2) is 32.8 Å². The normalized spacial score (nSPS) is 23.6. The average Bonchev–Trinajstić information content (AvgIpc) is 3.39. The summed E-state index contributed by atoms with van der Waals surface area (Å²) in [6.07, 6.45) is 6.18. The molecule has 0 bridgehead atoms. The van der Waals surface area contributed by atoms with E-state index >= 15 is 0 Å². The lowest BCUT2D eigenvalue weighted by atomic mass is 9.91. The van der Waals surface area contributed by atoms with Crippen molar-refractivity contribution in [2.45, 2.75) is 89.8 Å². The van der Waals surface area contributed by atoms with Crippen molar-refractivity contribution in [3.8, 4) is 0 Å². The van der Waals surface area contributed by atoms with Gasteiger partial charge in [0, 0.05) is 23.7 Å². The molecule has 1 amide bonds. The maximum absolute atomic E-state index is 13.2. The fourth-order valence-electron chi connectivity index (χ4n) is 4.07. The Kier molecular flexibility index (Phi) is 4.49. The quantitative estimate of drug-likeness (QED) is 0.868. The third kappa shape index (κ3) is 3.59. The van der Waals surface area contributed by atoms with Crippen molar-refractivity contribution in [3.63, 3.8) is 0 Å². The summed E-state index contributed by atoms with van der Waals surface area (Å²) in [5, 5.41) is 8.88. The number of rotatable bonds is 3. The zero-order valence-electron chi connectivity index (χ0n) is 16.9. The second-order valence-corrected chi connectivity index (χ2v) is 9.32. The Morgan fingerprint density at radius 3 is 2.44 bits per heavy atom. The maximum atomic E-state index is 13.2.